The van der Waals surface area contributed by atoms with Crippen molar-refractivity contribution >= 4 is 27.5 Å². The lowest BCUT2D eigenvalue weighted by Crippen LogP contribution is -2.48. The molecule has 2 aliphatic rings. The van der Waals surface area contributed by atoms with Crippen molar-refractivity contribution in [1.29, 1.82) is 0 Å². The van der Waals surface area contributed by atoms with E-state index >= 15 is 0 Å². The maximum absolute atomic E-state index is 13.2. The minimum atomic E-state index is -3.84. The summed E-state index contributed by atoms with van der Waals surface area (Å²) in [6, 6.07) is 4.52. The summed E-state index contributed by atoms with van der Waals surface area (Å²) in [6.45, 7) is 9.70. The lowest BCUT2D eigenvalue weighted by Gasteiger charge is -2.34. The van der Waals surface area contributed by atoms with Crippen LogP contribution in [0.4, 0.5) is 0 Å². The lowest BCUT2D eigenvalue weighted by atomic mass is 10.2. The van der Waals surface area contributed by atoms with Crippen molar-refractivity contribution in [2.75, 3.05) is 45.9 Å². The number of nitrogens with one attached hydrogen (secondary N) is 1. The van der Waals surface area contributed by atoms with Gasteiger partial charge in [0, 0.05) is 44.3 Å². The SMILES string of the molecule is CC1CN(S(=O)(=O)c2cc(C(=O)NCC(C)N3CCOCC3)ccc2Cl)CC(C)O1. The number of sulfonamides is 1. The standard InChI is InChI=1S/C20H30ClN3O5S/c1-14(23-6-8-28-9-7-23)11-22-20(25)17-4-5-18(21)19(10-17)30(26,27)24-12-15(2)29-16(3)13-24/h4-5,10,14-16H,6-9,11-13H2,1-3H3,(H,22,25). The Kier molecular flexibility index (Phi) is 7.76. The Morgan fingerprint density at radius 1 is 1.23 bits per heavy atom. The van der Waals surface area contributed by atoms with Crippen molar-refractivity contribution in [3.8, 4) is 0 Å². The van der Waals surface area contributed by atoms with Crippen molar-refractivity contribution < 1.29 is 22.7 Å². The zero-order valence-electron chi connectivity index (χ0n) is 17.6. The first-order chi connectivity index (χ1) is 14.2. The number of rotatable bonds is 6. The monoisotopic (exact) mass is 459 g/mol. The quantitative estimate of drug-likeness (QED) is 0.695. The fourth-order valence-corrected chi connectivity index (χ4v) is 5.89. The van der Waals surface area contributed by atoms with Gasteiger partial charge in [0.2, 0.25) is 10.0 Å². The lowest BCUT2D eigenvalue weighted by molar-refractivity contribution is -0.0440. The van der Waals surface area contributed by atoms with Gasteiger partial charge in [-0.15, -0.1) is 0 Å². The van der Waals surface area contributed by atoms with Gasteiger partial charge in [-0.1, -0.05) is 11.6 Å². The molecule has 10 heteroatoms. The molecule has 0 saturated carbocycles. The molecular formula is C20H30ClN3O5S. The number of hydrogen-bond acceptors (Lipinski definition) is 6. The van der Waals surface area contributed by atoms with Crippen LogP contribution in [-0.4, -0.2) is 87.7 Å². The molecule has 168 valence electrons. The van der Waals surface area contributed by atoms with E-state index in [2.05, 4.69) is 10.2 Å². The minimum absolute atomic E-state index is 0.0562. The van der Waals surface area contributed by atoms with E-state index in [0.717, 1.165) is 13.1 Å². The molecule has 30 heavy (non-hydrogen) atoms. The fourth-order valence-electron chi connectivity index (χ4n) is 3.80. The summed E-state index contributed by atoms with van der Waals surface area (Å²) in [5.74, 6) is -0.327. The first-order valence-electron chi connectivity index (χ1n) is 10.2. The molecule has 1 N–H and O–H groups in total. The summed E-state index contributed by atoms with van der Waals surface area (Å²) >= 11 is 6.22. The van der Waals surface area contributed by atoms with Gasteiger partial charge in [-0.25, -0.2) is 8.42 Å². The molecule has 3 rings (SSSR count). The van der Waals surface area contributed by atoms with Crippen molar-refractivity contribution in [1.82, 2.24) is 14.5 Å². The molecule has 0 spiro atoms. The average Bonchev–Trinajstić information content (AvgIpc) is 2.72. The van der Waals surface area contributed by atoms with Crippen LogP contribution in [0.1, 0.15) is 31.1 Å². The first kappa shape index (κ1) is 23.4. The molecule has 1 aromatic carbocycles. The number of amides is 1. The van der Waals surface area contributed by atoms with Gasteiger partial charge < -0.3 is 14.8 Å². The molecule has 2 aliphatic heterocycles. The van der Waals surface area contributed by atoms with Gasteiger partial charge in [-0.05, 0) is 39.0 Å². The summed E-state index contributed by atoms with van der Waals surface area (Å²) in [6.07, 6.45) is -0.425. The molecule has 1 aromatic rings. The third kappa shape index (κ3) is 5.52. The number of carbonyl (C=O) groups excluding carboxylic acids is 1. The average molecular weight is 460 g/mol. The Morgan fingerprint density at radius 3 is 2.50 bits per heavy atom. The highest BCUT2D eigenvalue weighted by Crippen LogP contribution is 2.28. The molecule has 2 heterocycles. The van der Waals surface area contributed by atoms with Gasteiger partial charge in [0.25, 0.3) is 5.91 Å². The predicted octanol–water partition coefficient (Wildman–Crippen LogP) is 1.59. The van der Waals surface area contributed by atoms with E-state index in [1.54, 1.807) is 6.07 Å². The molecule has 2 saturated heterocycles. The molecular weight excluding hydrogens is 430 g/mol. The van der Waals surface area contributed by atoms with E-state index in [1.165, 1.54) is 16.4 Å². The molecule has 1 amide bonds. The van der Waals surface area contributed by atoms with Crippen LogP contribution in [0.25, 0.3) is 0 Å². The molecule has 2 fully saturated rings. The zero-order chi connectivity index (χ0) is 21.9. The normalized spacial score (nSPS) is 25.1. The van der Waals surface area contributed by atoms with Crippen LogP contribution in [0.3, 0.4) is 0 Å². The predicted molar refractivity (Wildman–Crippen MR) is 114 cm³/mol. The fraction of sp³-hybridized carbons (Fsp3) is 0.650. The van der Waals surface area contributed by atoms with E-state index in [0.29, 0.717) is 19.8 Å². The second kappa shape index (κ2) is 9.93. The van der Waals surface area contributed by atoms with Crippen molar-refractivity contribution in [2.24, 2.45) is 0 Å². The van der Waals surface area contributed by atoms with E-state index in [-0.39, 0.29) is 52.7 Å². The maximum atomic E-state index is 13.2. The zero-order valence-corrected chi connectivity index (χ0v) is 19.2. The summed E-state index contributed by atoms with van der Waals surface area (Å²) in [7, 11) is -3.84. The highest BCUT2D eigenvalue weighted by molar-refractivity contribution is 7.89. The molecule has 8 nitrogen and oxygen atoms in total. The maximum Gasteiger partial charge on any atom is 0.251 e. The minimum Gasteiger partial charge on any atom is -0.379 e. The molecule has 0 bridgehead atoms. The van der Waals surface area contributed by atoms with Crippen LogP contribution in [0.15, 0.2) is 23.1 Å². The Bertz CT molecular complexity index is 850. The molecule has 0 aliphatic carbocycles. The number of carbonyl (C=O) groups is 1. The Balaban J connectivity index is 1.71. The van der Waals surface area contributed by atoms with E-state index in [9.17, 15) is 13.2 Å². The van der Waals surface area contributed by atoms with Gasteiger partial charge in [0.05, 0.1) is 30.4 Å². The van der Waals surface area contributed by atoms with Crippen LogP contribution in [0.5, 0.6) is 0 Å². The molecule has 3 unspecified atom stereocenters. The van der Waals surface area contributed by atoms with Gasteiger partial charge in [-0.3, -0.25) is 9.69 Å². The second-order valence-electron chi connectivity index (χ2n) is 7.93. The smallest absolute Gasteiger partial charge is 0.251 e. The molecule has 3 atom stereocenters. The van der Waals surface area contributed by atoms with Crippen LogP contribution >= 0.6 is 11.6 Å². The van der Waals surface area contributed by atoms with Gasteiger partial charge in [-0.2, -0.15) is 4.31 Å². The van der Waals surface area contributed by atoms with Crippen LogP contribution in [-0.2, 0) is 19.5 Å². The number of ether oxygens (including phenoxy) is 2. The van der Waals surface area contributed by atoms with Crippen LogP contribution in [0.2, 0.25) is 5.02 Å². The first-order valence-corrected chi connectivity index (χ1v) is 12.1. The van der Waals surface area contributed by atoms with Crippen LogP contribution in [0, 0.1) is 0 Å². The highest BCUT2D eigenvalue weighted by atomic mass is 35.5. The van der Waals surface area contributed by atoms with E-state index < -0.39 is 10.0 Å². The van der Waals surface area contributed by atoms with Crippen molar-refractivity contribution in [3.05, 3.63) is 28.8 Å². The van der Waals surface area contributed by atoms with E-state index in [1.807, 2.05) is 20.8 Å². The third-order valence-electron chi connectivity index (χ3n) is 5.42. The summed E-state index contributed by atoms with van der Waals surface area (Å²) < 4.78 is 38.7. The van der Waals surface area contributed by atoms with E-state index in [4.69, 9.17) is 21.1 Å². The molecule has 0 aromatic heterocycles. The number of morpholine rings is 2. The highest BCUT2D eigenvalue weighted by Gasteiger charge is 2.34. The summed E-state index contributed by atoms with van der Waals surface area (Å²) in [5.41, 5.74) is 0.265. The van der Waals surface area contributed by atoms with Gasteiger partial charge in [0.15, 0.2) is 0 Å². The summed E-state index contributed by atoms with van der Waals surface area (Å²) in [4.78, 5) is 14.9. The third-order valence-corrected chi connectivity index (χ3v) is 7.74. The summed E-state index contributed by atoms with van der Waals surface area (Å²) in [5, 5.41) is 2.99. The number of nitrogens with zero attached hydrogens (tertiary/aromatic N) is 2. The number of benzene rings is 1. The number of halogens is 1. The van der Waals surface area contributed by atoms with Crippen LogP contribution < -0.4 is 5.32 Å². The van der Waals surface area contributed by atoms with Gasteiger partial charge >= 0.3 is 0 Å². The Labute approximate surface area is 183 Å². The van der Waals surface area contributed by atoms with Crippen molar-refractivity contribution in [3.63, 3.8) is 0 Å². The van der Waals surface area contributed by atoms with Crippen molar-refractivity contribution in [2.45, 2.75) is 43.9 Å². The molecule has 0 radical (unpaired) electrons. The Morgan fingerprint density at radius 2 is 1.87 bits per heavy atom. The Hall–Kier alpha value is -1.23. The topological polar surface area (TPSA) is 88.2 Å². The second-order valence-corrected chi connectivity index (χ2v) is 10.2. The number of hydrogen-bond donors (Lipinski definition) is 1. The largest absolute Gasteiger partial charge is 0.379 e. The van der Waals surface area contributed by atoms with Gasteiger partial charge in [0.1, 0.15) is 4.90 Å².